The molecular weight excluding hydrogens is 306 g/mol. The number of carbonyl (C=O) groups is 1. The number of rotatable bonds is 4. The minimum absolute atomic E-state index is 0.314. The summed E-state index contributed by atoms with van der Waals surface area (Å²) in [6.07, 6.45) is 3.64. The number of carboxylic acid groups (broad SMARTS) is 1. The topological polar surface area (TPSA) is 49.3 Å². The van der Waals surface area contributed by atoms with Crippen LogP contribution in [-0.2, 0) is 0 Å². The molecule has 1 fully saturated rings. The number of anilines is 1. The summed E-state index contributed by atoms with van der Waals surface area (Å²) in [6.45, 7) is 4.53. The van der Waals surface area contributed by atoms with E-state index in [0.717, 1.165) is 22.5 Å². The minimum Gasteiger partial charge on any atom is -0.478 e. The van der Waals surface area contributed by atoms with Crippen LogP contribution in [0, 0.1) is 11.8 Å². The van der Waals surface area contributed by atoms with E-state index in [1.807, 2.05) is 6.07 Å². The molecule has 1 aliphatic rings. The maximum atomic E-state index is 11.1. The van der Waals surface area contributed by atoms with Crippen molar-refractivity contribution in [3.05, 3.63) is 28.2 Å². The van der Waals surface area contributed by atoms with Gasteiger partial charge in [0.05, 0.1) is 5.56 Å². The molecule has 0 radical (unpaired) electrons. The van der Waals surface area contributed by atoms with Crippen molar-refractivity contribution in [2.45, 2.75) is 39.2 Å². The van der Waals surface area contributed by atoms with Crippen molar-refractivity contribution in [3.63, 3.8) is 0 Å². The zero-order chi connectivity index (χ0) is 14.0. The van der Waals surface area contributed by atoms with Gasteiger partial charge in [-0.15, -0.1) is 0 Å². The van der Waals surface area contributed by atoms with Crippen LogP contribution in [0.5, 0.6) is 0 Å². The molecule has 1 aromatic rings. The summed E-state index contributed by atoms with van der Waals surface area (Å²) in [5.41, 5.74) is 1.20. The minimum atomic E-state index is -0.893. The molecule has 0 bridgehead atoms. The Bertz CT molecular complexity index is 475. The molecule has 2 rings (SSSR count). The Morgan fingerprint density at radius 1 is 1.42 bits per heavy atom. The number of benzene rings is 1. The Kier molecular flexibility index (Phi) is 4.50. The molecule has 3 atom stereocenters. The van der Waals surface area contributed by atoms with E-state index < -0.39 is 5.97 Å². The molecule has 0 amide bonds. The van der Waals surface area contributed by atoms with Crippen molar-refractivity contribution in [1.29, 1.82) is 0 Å². The van der Waals surface area contributed by atoms with Crippen LogP contribution in [0.2, 0.25) is 0 Å². The lowest BCUT2D eigenvalue weighted by atomic mass is 9.93. The van der Waals surface area contributed by atoms with Crippen LogP contribution in [0.15, 0.2) is 22.7 Å². The second kappa shape index (κ2) is 5.95. The molecule has 0 spiro atoms. The van der Waals surface area contributed by atoms with Gasteiger partial charge in [-0.25, -0.2) is 4.79 Å². The van der Waals surface area contributed by atoms with Crippen molar-refractivity contribution < 1.29 is 9.90 Å². The van der Waals surface area contributed by atoms with Crippen LogP contribution in [-0.4, -0.2) is 17.1 Å². The normalized spacial score (nSPS) is 26.4. The summed E-state index contributed by atoms with van der Waals surface area (Å²) in [6, 6.07) is 5.72. The molecule has 1 saturated carbocycles. The number of halogens is 1. The lowest BCUT2D eigenvalue weighted by Crippen LogP contribution is -2.24. The van der Waals surface area contributed by atoms with Gasteiger partial charge in [0.25, 0.3) is 0 Å². The van der Waals surface area contributed by atoms with Gasteiger partial charge < -0.3 is 10.4 Å². The quantitative estimate of drug-likeness (QED) is 0.863. The Hall–Kier alpha value is -1.03. The second-order valence-electron chi connectivity index (χ2n) is 5.39. The van der Waals surface area contributed by atoms with E-state index in [9.17, 15) is 4.79 Å². The fourth-order valence-corrected chi connectivity index (χ4v) is 3.53. The first-order valence-electron chi connectivity index (χ1n) is 6.81. The van der Waals surface area contributed by atoms with E-state index in [0.29, 0.717) is 17.5 Å². The molecule has 104 valence electrons. The molecule has 4 heteroatoms. The van der Waals surface area contributed by atoms with E-state index in [1.54, 1.807) is 12.1 Å². The Balaban J connectivity index is 2.13. The third-order valence-corrected chi connectivity index (χ3v) is 4.71. The zero-order valence-corrected chi connectivity index (χ0v) is 12.9. The predicted molar refractivity (Wildman–Crippen MR) is 80.7 cm³/mol. The van der Waals surface area contributed by atoms with Gasteiger partial charge in [0, 0.05) is 16.2 Å². The van der Waals surface area contributed by atoms with Gasteiger partial charge in [-0.1, -0.05) is 36.2 Å². The van der Waals surface area contributed by atoms with Crippen LogP contribution < -0.4 is 5.32 Å². The highest BCUT2D eigenvalue weighted by molar-refractivity contribution is 9.10. The Morgan fingerprint density at radius 2 is 2.16 bits per heavy atom. The second-order valence-corrected chi connectivity index (χ2v) is 6.31. The molecule has 0 aliphatic heterocycles. The first-order chi connectivity index (χ1) is 9.01. The van der Waals surface area contributed by atoms with Crippen molar-refractivity contribution >= 4 is 27.6 Å². The summed E-state index contributed by atoms with van der Waals surface area (Å²) in [5, 5.41) is 12.6. The van der Waals surface area contributed by atoms with Crippen molar-refractivity contribution in [2.24, 2.45) is 11.8 Å². The van der Waals surface area contributed by atoms with Crippen LogP contribution in [0.3, 0.4) is 0 Å². The van der Waals surface area contributed by atoms with E-state index >= 15 is 0 Å². The number of aromatic carboxylic acids is 1. The summed E-state index contributed by atoms with van der Waals surface area (Å²) >= 11 is 3.37. The highest BCUT2D eigenvalue weighted by Gasteiger charge is 2.31. The molecule has 0 aromatic heterocycles. The fourth-order valence-electron chi connectivity index (χ4n) is 3.04. The number of nitrogens with one attached hydrogen (secondary N) is 1. The van der Waals surface area contributed by atoms with Gasteiger partial charge in [-0.05, 0) is 42.9 Å². The monoisotopic (exact) mass is 325 g/mol. The molecule has 3 nitrogen and oxygen atoms in total. The molecule has 0 heterocycles. The standard InChI is InChI=1S/C15H20BrNO2/c1-3-10-4-5-14(9(10)2)17-13-7-11(15(18)19)6-12(16)8-13/h6-10,14,17H,3-5H2,1-2H3,(H,18,19). The summed E-state index contributed by atoms with van der Waals surface area (Å²) < 4.78 is 0.799. The van der Waals surface area contributed by atoms with Crippen molar-refractivity contribution in [1.82, 2.24) is 0 Å². The van der Waals surface area contributed by atoms with Gasteiger partial charge in [-0.2, -0.15) is 0 Å². The molecule has 2 N–H and O–H groups in total. The van der Waals surface area contributed by atoms with E-state index in [-0.39, 0.29) is 0 Å². The highest BCUT2D eigenvalue weighted by atomic mass is 79.9. The van der Waals surface area contributed by atoms with E-state index in [1.165, 1.54) is 12.8 Å². The van der Waals surface area contributed by atoms with Gasteiger partial charge in [0.2, 0.25) is 0 Å². The largest absolute Gasteiger partial charge is 0.478 e. The molecule has 3 unspecified atom stereocenters. The van der Waals surface area contributed by atoms with Crippen molar-refractivity contribution in [2.75, 3.05) is 5.32 Å². The van der Waals surface area contributed by atoms with Gasteiger partial charge in [-0.3, -0.25) is 0 Å². The van der Waals surface area contributed by atoms with Crippen LogP contribution in [0.25, 0.3) is 0 Å². The van der Waals surface area contributed by atoms with E-state index in [4.69, 9.17) is 5.11 Å². The van der Waals surface area contributed by atoms with Crippen molar-refractivity contribution in [3.8, 4) is 0 Å². The average molecular weight is 326 g/mol. The lowest BCUT2D eigenvalue weighted by molar-refractivity contribution is 0.0697. The van der Waals surface area contributed by atoms with Gasteiger partial charge in [0.1, 0.15) is 0 Å². The molecule has 1 aromatic carbocycles. The first kappa shape index (κ1) is 14.4. The summed E-state index contributed by atoms with van der Waals surface area (Å²) in [4.78, 5) is 11.1. The summed E-state index contributed by atoms with van der Waals surface area (Å²) in [5.74, 6) is 0.524. The number of carboxylic acids is 1. The molecular formula is C15H20BrNO2. The third kappa shape index (κ3) is 3.30. The Labute approximate surface area is 122 Å². The average Bonchev–Trinajstić information content (AvgIpc) is 2.70. The number of hydrogen-bond acceptors (Lipinski definition) is 2. The predicted octanol–water partition coefficient (Wildman–Crippen LogP) is 4.38. The highest BCUT2D eigenvalue weighted by Crippen LogP contribution is 2.36. The fraction of sp³-hybridized carbons (Fsp3) is 0.533. The SMILES string of the molecule is CCC1CCC(Nc2cc(Br)cc(C(=O)O)c2)C1C. The molecule has 1 aliphatic carbocycles. The van der Waals surface area contributed by atoms with Crippen LogP contribution in [0.4, 0.5) is 5.69 Å². The van der Waals surface area contributed by atoms with Crippen LogP contribution in [0.1, 0.15) is 43.5 Å². The Morgan fingerprint density at radius 3 is 2.74 bits per heavy atom. The smallest absolute Gasteiger partial charge is 0.335 e. The zero-order valence-electron chi connectivity index (χ0n) is 11.3. The first-order valence-corrected chi connectivity index (χ1v) is 7.61. The lowest BCUT2D eigenvalue weighted by Gasteiger charge is -2.22. The maximum absolute atomic E-state index is 11.1. The van der Waals surface area contributed by atoms with Gasteiger partial charge >= 0.3 is 5.97 Å². The summed E-state index contributed by atoms with van der Waals surface area (Å²) in [7, 11) is 0. The molecule has 0 saturated heterocycles. The van der Waals surface area contributed by atoms with Crippen LogP contribution >= 0.6 is 15.9 Å². The molecule has 19 heavy (non-hydrogen) atoms. The maximum Gasteiger partial charge on any atom is 0.335 e. The number of hydrogen-bond donors (Lipinski definition) is 2. The third-order valence-electron chi connectivity index (χ3n) is 4.25. The van der Waals surface area contributed by atoms with E-state index in [2.05, 4.69) is 35.1 Å². The van der Waals surface area contributed by atoms with Gasteiger partial charge in [0.15, 0.2) is 0 Å².